The topological polar surface area (TPSA) is 13.0 Å². The molecule has 0 amide bonds. The van der Waals surface area contributed by atoms with Crippen molar-refractivity contribution >= 4 is 5.69 Å². The Hall–Kier alpha value is -0.00909. The predicted molar refractivity (Wildman–Crippen MR) is 108 cm³/mol. The molecule has 0 spiro atoms. The van der Waals surface area contributed by atoms with Gasteiger partial charge < -0.3 is 6.92 Å². The fourth-order valence-electron chi connectivity index (χ4n) is 3.87. The summed E-state index contributed by atoms with van der Waals surface area (Å²) >= 11 is 0. The van der Waals surface area contributed by atoms with Gasteiger partial charge in [-0.15, -0.1) is 0 Å². The van der Waals surface area contributed by atoms with Crippen LogP contribution in [0.25, 0.3) is 0 Å². The predicted octanol–water partition coefficient (Wildman–Crippen LogP) is 3.97. The van der Waals surface area contributed by atoms with Crippen molar-refractivity contribution in [1.29, 1.82) is 0 Å². The maximum absolute atomic E-state index is 3.25. The van der Waals surface area contributed by atoms with Gasteiger partial charge in [0, 0.05) is 65.0 Å². The van der Waals surface area contributed by atoms with Gasteiger partial charge in [0.05, 0.1) is 19.0 Å². The molecule has 0 saturated carbocycles. The third-order valence-electron chi connectivity index (χ3n) is 4.76. The van der Waals surface area contributed by atoms with Crippen molar-refractivity contribution in [3.63, 3.8) is 0 Å². The van der Waals surface area contributed by atoms with E-state index in [9.17, 15) is 0 Å². The number of nitrogens with zero attached hydrogens (tertiary/aromatic N) is 4. The number of hydrazine groups is 1. The van der Waals surface area contributed by atoms with Gasteiger partial charge in [-0.25, -0.2) is 5.01 Å². The van der Waals surface area contributed by atoms with E-state index < -0.39 is 0 Å². The standard InChI is InChI=1S/C19H32N4.C2H5.Pa/c1-5-8-22-10-9-20(12-16(2)3)14-21-13-18-11-17(4)6-7-19(18)23(22)15-21;1-2;/h6-7,11,16H,5,8-10,12-15H2,1-4H3;1H2,2H3;/q;-1;. The molecule has 1 fully saturated rings. The Morgan fingerprint density at radius 1 is 1.12 bits per heavy atom. The van der Waals surface area contributed by atoms with E-state index in [0.717, 1.165) is 45.4 Å². The van der Waals surface area contributed by atoms with Crippen molar-refractivity contribution in [2.75, 3.05) is 44.5 Å². The molecule has 5 heteroatoms. The Labute approximate surface area is 186 Å². The summed E-state index contributed by atoms with van der Waals surface area (Å²) in [5.74, 6) is 0.726. The molecule has 0 aliphatic carbocycles. The first-order chi connectivity index (χ1) is 12.1. The molecule has 145 valence electrons. The van der Waals surface area contributed by atoms with Gasteiger partial charge in [0.15, 0.2) is 0 Å². The van der Waals surface area contributed by atoms with Crippen LogP contribution in [0.5, 0.6) is 0 Å². The molecule has 3 rings (SSSR count). The fourth-order valence-corrected chi connectivity index (χ4v) is 3.87. The van der Waals surface area contributed by atoms with Gasteiger partial charge in [-0.2, -0.15) is 6.92 Å². The average molecular weight is 577 g/mol. The van der Waals surface area contributed by atoms with Gasteiger partial charge in [0.1, 0.15) is 0 Å². The van der Waals surface area contributed by atoms with Gasteiger partial charge in [-0.05, 0) is 30.9 Å². The molecular weight excluding hydrogens is 539 g/mol. The van der Waals surface area contributed by atoms with Gasteiger partial charge in [0.2, 0.25) is 0 Å². The Morgan fingerprint density at radius 3 is 2.50 bits per heavy atom. The van der Waals surface area contributed by atoms with Crippen molar-refractivity contribution < 1.29 is 32.3 Å². The van der Waals surface area contributed by atoms with E-state index in [-0.39, 0.29) is 32.3 Å². The molecule has 1 aromatic carbocycles. The molecular formula is C21H37N4Pa-. The first-order valence-electron chi connectivity index (χ1n) is 9.84. The van der Waals surface area contributed by atoms with Crippen LogP contribution < -0.4 is 5.01 Å². The molecule has 1 aromatic rings. The zero-order valence-corrected chi connectivity index (χ0v) is 22.3. The zero-order valence-electron chi connectivity index (χ0n) is 17.5. The van der Waals surface area contributed by atoms with Crippen LogP contribution in [-0.4, -0.2) is 54.3 Å². The molecule has 2 aliphatic heterocycles. The third kappa shape index (κ3) is 6.26. The summed E-state index contributed by atoms with van der Waals surface area (Å²) in [7, 11) is 0. The van der Waals surface area contributed by atoms with Crippen LogP contribution in [0.3, 0.4) is 0 Å². The van der Waals surface area contributed by atoms with Crippen molar-refractivity contribution in [1.82, 2.24) is 14.8 Å². The summed E-state index contributed by atoms with van der Waals surface area (Å²) in [6.07, 6.45) is 1.20. The second-order valence-electron chi connectivity index (χ2n) is 7.57. The van der Waals surface area contributed by atoms with E-state index in [4.69, 9.17) is 0 Å². The first kappa shape index (κ1) is 24.0. The number of anilines is 1. The molecule has 2 heterocycles. The van der Waals surface area contributed by atoms with E-state index in [2.05, 4.69) is 72.6 Å². The van der Waals surface area contributed by atoms with Gasteiger partial charge >= 0.3 is 0 Å². The van der Waals surface area contributed by atoms with E-state index in [1.54, 1.807) is 6.92 Å². The number of benzene rings is 1. The van der Waals surface area contributed by atoms with E-state index >= 15 is 0 Å². The average Bonchev–Trinajstić information content (AvgIpc) is 2.57. The molecule has 26 heavy (non-hydrogen) atoms. The second kappa shape index (κ2) is 11.7. The molecule has 2 bridgehead atoms. The normalized spacial score (nSPS) is 20.4. The maximum Gasteiger partial charge on any atom is 0.0879 e. The summed E-state index contributed by atoms with van der Waals surface area (Å²) in [6, 6.07) is 6.94. The van der Waals surface area contributed by atoms with Crippen LogP contribution in [0.2, 0.25) is 0 Å². The third-order valence-corrected chi connectivity index (χ3v) is 4.76. The zero-order chi connectivity index (χ0) is 18.4. The van der Waals surface area contributed by atoms with Crippen LogP contribution in [-0.2, 0) is 6.54 Å². The quantitative estimate of drug-likeness (QED) is 0.504. The summed E-state index contributed by atoms with van der Waals surface area (Å²) in [6.45, 7) is 21.9. The molecule has 2 aliphatic rings. The van der Waals surface area contributed by atoms with Gasteiger partial charge in [0.25, 0.3) is 0 Å². The van der Waals surface area contributed by atoms with E-state index in [1.165, 1.54) is 29.8 Å². The molecule has 1 unspecified atom stereocenters. The second-order valence-corrected chi connectivity index (χ2v) is 7.57. The van der Waals surface area contributed by atoms with Crippen LogP contribution in [0.15, 0.2) is 18.2 Å². The summed E-state index contributed by atoms with van der Waals surface area (Å²) in [4.78, 5) is 5.22. The minimum absolute atomic E-state index is 0. The van der Waals surface area contributed by atoms with Crippen LogP contribution in [0.1, 0.15) is 45.2 Å². The summed E-state index contributed by atoms with van der Waals surface area (Å²) in [5, 5.41) is 5.08. The van der Waals surface area contributed by atoms with Crippen LogP contribution in [0.4, 0.5) is 5.69 Å². The number of hydrogen-bond acceptors (Lipinski definition) is 4. The van der Waals surface area contributed by atoms with Crippen molar-refractivity contribution in [2.24, 2.45) is 5.92 Å². The molecule has 0 N–H and O–H groups in total. The first-order valence-corrected chi connectivity index (χ1v) is 9.84. The van der Waals surface area contributed by atoms with Crippen molar-refractivity contribution in [3.05, 3.63) is 36.2 Å². The van der Waals surface area contributed by atoms with E-state index in [0.29, 0.717) is 0 Å². The van der Waals surface area contributed by atoms with Gasteiger partial charge in [-0.1, -0.05) is 38.5 Å². The van der Waals surface area contributed by atoms with Crippen LogP contribution >= 0.6 is 0 Å². The van der Waals surface area contributed by atoms with Gasteiger partial charge in [-0.3, -0.25) is 14.8 Å². The van der Waals surface area contributed by atoms with Crippen molar-refractivity contribution in [3.8, 4) is 0 Å². The Bertz CT molecular complexity index is 535. The molecule has 4 nitrogen and oxygen atoms in total. The minimum Gasteiger partial charge on any atom is -0.346 e. The Balaban J connectivity index is 0.00000109. The molecule has 1 atom stereocenters. The summed E-state index contributed by atoms with van der Waals surface area (Å²) < 4.78 is 0. The fraction of sp³-hybridized carbons (Fsp3) is 0.667. The SMILES string of the molecule is CCCN1CCN(CC(C)C)CN2Cc3cc(C)ccc3N1C2.[CH2-]C.[Pa]. The number of fused-ring (bicyclic) bond motifs is 4. The number of aryl methyl sites for hydroxylation is 1. The summed E-state index contributed by atoms with van der Waals surface area (Å²) in [5.41, 5.74) is 4.25. The number of rotatable bonds is 4. The molecule has 0 aromatic heterocycles. The monoisotopic (exact) mass is 576 g/mol. The largest absolute Gasteiger partial charge is 0.346 e. The van der Waals surface area contributed by atoms with Crippen molar-refractivity contribution in [2.45, 2.75) is 47.6 Å². The number of hydrogen-bond donors (Lipinski definition) is 0. The smallest absolute Gasteiger partial charge is 0.0879 e. The van der Waals surface area contributed by atoms with Crippen LogP contribution in [0, 0.1) is 52.1 Å². The minimum atomic E-state index is 0. The Kier molecular flexibility index (Phi) is 10.9. The molecule has 1 radical (unpaired) electrons. The van der Waals surface area contributed by atoms with E-state index in [1.807, 2.05) is 0 Å². The molecule has 1 saturated heterocycles. The maximum atomic E-state index is 3.25. The Morgan fingerprint density at radius 2 is 1.85 bits per heavy atom.